The maximum absolute atomic E-state index is 10.6. The van der Waals surface area contributed by atoms with E-state index in [4.69, 9.17) is 0 Å². The fraction of sp³-hybridized carbons (Fsp3) is 1.00. The molecule has 0 saturated carbocycles. The molecule has 3 heteroatoms. The zero-order valence-corrected chi connectivity index (χ0v) is 4.81. The lowest BCUT2D eigenvalue weighted by Gasteiger charge is -2.02. The average Bonchev–Trinajstić information content (AvgIpc) is 1.94. The minimum Gasteiger partial charge on any atom is -0.313 e. The third-order valence-corrected chi connectivity index (χ3v) is 1.23. The molecule has 47 valence electrons. The van der Waals surface area contributed by atoms with Gasteiger partial charge in [0.15, 0.2) is 6.23 Å². The molecule has 3 nitrogen and oxygen atoms in total. The van der Waals surface area contributed by atoms with E-state index in [0.717, 1.165) is 19.5 Å². The lowest BCUT2D eigenvalue weighted by Crippen LogP contribution is -2.33. The van der Waals surface area contributed by atoms with Gasteiger partial charge in [0.1, 0.15) is 0 Å². The summed E-state index contributed by atoms with van der Waals surface area (Å²) in [5.74, 6) is 0. The van der Waals surface area contributed by atoms with E-state index in [-0.39, 0.29) is 0 Å². The molecule has 2 N–H and O–H groups in total. The second-order valence-electron chi connectivity index (χ2n) is 2.00. The largest absolute Gasteiger partial charge is 0.313 e. The first-order valence-electron chi connectivity index (χ1n) is 2.99. The molecule has 0 aromatic carbocycles. The maximum Gasteiger partial charge on any atom is 0.156 e. The fourth-order valence-electron chi connectivity index (χ4n) is 0.782. The van der Waals surface area contributed by atoms with Crippen LogP contribution < -0.4 is 10.6 Å². The molecular formula is C5H11N2O. The van der Waals surface area contributed by atoms with Crippen molar-refractivity contribution in [3.8, 4) is 0 Å². The third-order valence-electron chi connectivity index (χ3n) is 1.23. The summed E-state index contributed by atoms with van der Waals surface area (Å²) in [5, 5.41) is 16.4. The molecule has 0 bridgehead atoms. The van der Waals surface area contributed by atoms with Gasteiger partial charge in [0.25, 0.3) is 0 Å². The van der Waals surface area contributed by atoms with Crippen molar-refractivity contribution >= 4 is 0 Å². The predicted molar refractivity (Wildman–Crippen MR) is 30.0 cm³/mol. The van der Waals surface area contributed by atoms with Crippen LogP contribution in [0.15, 0.2) is 0 Å². The van der Waals surface area contributed by atoms with Crippen LogP contribution >= 0.6 is 0 Å². The Morgan fingerprint density at radius 2 is 2.25 bits per heavy atom. The molecule has 1 rings (SSSR count). The molecule has 1 fully saturated rings. The molecule has 0 aliphatic carbocycles. The van der Waals surface area contributed by atoms with E-state index < -0.39 is 6.23 Å². The molecule has 0 aromatic rings. The van der Waals surface area contributed by atoms with Gasteiger partial charge in [-0.15, -0.1) is 0 Å². The van der Waals surface area contributed by atoms with Crippen molar-refractivity contribution in [3.63, 3.8) is 0 Å². The van der Waals surface area contributed by atoms with Crippen LogP contribution in [0.5, 0.6) is 0 Å². The topological polar surface area (TPSA) is 44.0 Å². The van der Waals surface area contributed by atoms with Gasteiger partial charge in [0.05, 0.1) is 0 Å². The van der Waals surface area contributed by atoms with Crippen LogP contribution in [0, 0.1) is 0 Å². The lowest BCUT2D eigenvalue weighted by atomic mass is 10.4. The van der Waals surface area contributed by atoms with Crippen LogP contribution in [-0.4, -0.2) is 25.9 Å². The summed E-state index contributed by atoms with van der Waals surface area (Å²) in [6.45, 7) is 2.41. The summed E-state index contributed by atoms with van der Waals surface area (Å²) in [6.07, 6.45) is 0.483. The fourth-order valence-corrected chi connectivity index (χ4v) is 0.782. The van der Waals surface area contributed by atoms with Gasteiger partial charge in [-0.1, -0.05) is 0 Å². The van der Waals surface area contributed by atoms with Crippen molar-refractivity contribution < 1.29 is 5.11 Å². The zero-order valence-electron chi connectivity index (χ0n) is 4.81. The summed E-state index contributed by atoms with van der Waals surface area (Å²) >= 11 is 0. The molecule has 1 heterocycles. The molecule has 1 radical (unpaired) electrons. The molecule has 1 atom stereocenters. The summed E-state index contributed by atoms with van der Waals surface area (Å²) in [4.78, 5) is 0. The Morgan fingerprint density at radius 1 is 1.38 bits per heavy atom. The van der Waals surface area contributed by atoms with Gasteiger partial charge in [0.2, 0.25) is 0 Å². The smallest absolute Gasteiger partial charge is 0.156 e. The van der Waals surface area contributed by atoms with Crippen LogP contribution in [0.4, 0.5) is 0 Å². The Labute approximate surface area is 49.1 Å². The first-order chi connectivity index (χ1) is 3.89. The summed E-state index contributed by atoms with van der Waals surface area (Å²) in [5.41, 5.74) is 0. The first kappa shape index (κ1) is 6.01. The van der Waals surface area contributed by atoms with Gasteiger partial charge in [-0.25, -0.2) is 5.11 Å². The Hall–Kier alpha value is -0.120. The van der Waals surface area contributed by atoms with Gasteiger partial charge < -0.3 is 5.32 Å². The summed E-state index contributed by atoms with van der Waals surface area (Å²) in [7, 11) is 0. The van der Waals surface area contributed by atoms with Crippen molar-refractivity contribution in [1.82, 2.24) is 10.6 Å². The van der Waals surface area contributed by atoms with Crippen molar-refractivity contribution in [3.05, 3.63) is 0 Å². The SMILES string of the molecule is [O]C1CNCCCN1. The predicted octanol–water partition coefficient (Wildman–Crippen LogP) is -0.674. The van der Waals surface area contributed by atoms with Crippen LogP contribution in [0.3, 0.4) is 0 Å². The van der Waals surface area contributed by atoms with Gasteiger partial charge >= 0.3 is 0 Å². The monoisotopic (exact) mass is 115 g/mol. The van der Waals surface area contributed by atoms with E-state index in [9.17, 15) is 5.11 Å². The normalized spacial score (nSPS) is 31.9. The zero-order chi connectivity index (χ0) is 5.82. The molecule has 8 heavy (non-hydrogen) atoms. The minimum absolute atomic E-state index is 0.569. The van der Waals surface area contributed by atoms with Gasteiger partial charge in [-0.3, -0.25) is 5.32 Å². The summed E-state index contributed by atoms with van der Waals surface area (Å²) in [6, 6.07) is 0. The van der Waals surface area contributed by atoms with Crippen LogP contribution in [0.25, 0.3) is 0 Å². The van der Waals surface area contributed by atoms with E-state index in [1.165, 1.54) is 0 Å². The van der Waals surface area contributed by atoms with Gasteiger partial charge in [-0.05, 0) is 19.5 Å². The van der Waals surface area contributed by atoms with E-state index in [1.54, 1.807) is 0 Å². The molecular weight excluding hydrogens is 104 g/mol. The molecule has 0 aromatic heterocycles. The molecule has 1 saturated heterocycles. The van der Waals surface area contributed by atoms with Crippen molar-refractivity contribution in [2.45, 2.75) is 12.6 Å². The Balaban J connectivity index is 2.17. The molecule has 1 unspecified atom stereocenters. The molecule has 0 spiro atoms. The summed E-state index contributed by atoms with van der Waals surface area (Å²) < 4.78 is 0. The number of hydrogen-bond donors (Lipinski definition) is 2. The van der Waals surface area contributed by atoms with Crippen molar-refractivity contribution in [1.29, 1.82) is 0 Å². The second kappa shape index (κ2) is 3.02. The van der Waals surface area contributed by atoms with Gasteiger partial charge in [0, 0.05) is 6.54 Å². The maximum atomic E-state index is 10.6. The minimum atomic E-state index is -0.586. The van der Waals surface area contributed by atoms with Crippen molar-refractivity contribution in [2.75, 3.05) is 19.6 Å². The highest BCUT2D eigenvalue weighted by molar-refractivity contribution is 4.62. The lowest BCUT2D eigenvalue weighted by molar-refractivity contribution is 0.0656. The van der Waals surface area contributed by atoms with E-state index >= 15 is 0 Å². The highest BCUT2D eigenvalue weighted by atomic mass is 16.3. The quantitative estimate of drug-likeness (QED) is 0.439. The van der Waals surface area contributed by atoms with Crippen LogP contribution in [0.2, 0.25) is 0 Å². The van der Waals surface area contributed by atoms with Crippen LogP contribution in [0.1, 0.15) is 6.42 Å². The Morgan fingerprint density at radius 3 is 3.12 bits per heavy atom. The van der Waals surface area contributed by atoms with E-state index in [0.29, 0.717) is 6.54 Å². The van der Waals surface area contributed by atoms with Gasteiger partial charge in [-0.2, -0.15) is 0 Å². The standard InChI is InChI=1S/C5H11N2O/c8-5-4-6-2-1-3-7-5/h5-7H,1-4H2. The average molecular weight is 115 g/mol. The number of hydrogen-bond acceptors (Lipinski definition) is 2. The first-order valence-corrected chi connectivity index (χ1v) is 2.99. The van der Waals surface area contributed by atoms with E-state index in [1.807, 2.05) is 0 Å². The number of rotatable bonds is 0. The Kier molecular flexibility index (Phi) is 2.27. The molecule has 1 aliphatic rings. The number of nitrogens with one attached hydrogen (secondary N) is 2. The molecule has 1 aliphatic heterocycles. The Bertz CT molecular complexity index is 59.4. The van der Waals surface area contributed by atoms with E-state index in [2.05, 4.69) is 10.6 Å². The van der Waals surface area contributed by atoms with Crippen molar-refractivity contribution in [2.24, 2.45) is 0 Å². The van der Waals surface area contributed by atoms with Crippen LogP contribution in [-0.2, 0) is 5.11 Å². The second-order valence-corrected chi connectivity index (χ2v) is 2.00. The third kappa shape index (κ3) is 1.78. The highest BCUT2D eigenvalue weighted by Gasteiger charge is 2.06. The molecule has 0 amide bonds. The highest BCUT2D eigenvalue weighted by Crippen LogP contribution is 1.83.